The summed E-state index contributed by atoms with van der Waals surface area (Å²) < 4.78 is 18.8. The second-order valence-electron chi connectivity index (χ2n) is 7.96. The molecular weight excluding hydrogens is 345 g/mol. The van der Waals surface area contributed by atoms with E-state index in [1.165, 1.54) is 26.4 Å². The number of ether oxygens (including phenoxy) is 1. The first-order valence-electron chi connectivity index (χ1n) is 10.1. The van der Waals surface area contributed by atoms with Gasteiger partial charge in [0, 0.05) is 38.8 Å². The fourth-order valence-corrected chi connectivity index (χ4v) is 4.16. The molecular formula is C21H32FN3O2. The Bertz CT molecular complexity index is 632. The summed E-state index contributed by atoms with van der Waals surface area (Å²) in [6.07, 6.45) is 4.84. The van der Waals surface area contributed by atoms with E-state index in [-0.39, 0.29) is 17.5 Å². The van der Waals surface area contributed by atoms with E-state index in [4.69, 9.17) is 4.74 Å². The lowest BCUT2D eigenvalue weighted by atomic mass is 9.86. The number of amides is 1. The van der Waals surface area contributed by atoms with E-state index in [2.05, 4.69) is 22.0 Å². The van der Waals surface area contributed by atoms with Crippen LogP contribution in [0.25, 0.3) is 0 Å². The average molecular weight is 378 g/mol. The van der Waals surface area contributed by atoms with Crippen LogP contribution in [0.1, 0.15) is 38.2 Å². The van der Waals surface area contributed by atoms with Crippen molar-refractivity contribution in [3.05, 3.63) is 29.6 Å². The van der Waals surface area contributed by atoms with Gasteiger partial charge >= 0.3 is 0 Å². The minimum absolute atomic E-state index is 0.152. The molecule has 1 N–H and O–H groups in total. The molecule has 27 heavy (non-hydrogen) atoms. The zero-order chi connectivity index (χ0) is 19.2. The molecule has 2 aliphatic rings. The van der Waals surface area contributed by atoms with Crippen LogP contribution in [0.5, 0.6) is 5.75 Å². The minimum atomic E-state index is -0.317. The van der Waals surface area contributed by atoms with Gasteiger partial charge in [-0.3, -0.25) is 14.6 Å². The highest BCUT2D eigenvalue weighted by Crippen LogP contribution is 2.23. The molecule has 0 unspecified atom stereocenters. The lowest BCUT2D eigenvalue weighted by Gasteiger charge is -2.35. The number of hydrogen-bond donors (Lipinski definition) is 1. The zero-order valence-corrected chi connectivity index (χ0v) is 16.5. The topological polar surface area (TPSA) is 44.8 Å². The SMILES string of the molecule is COc1ccc(CN2CCN(CC(=O)N[C@H]3CCCC[C@@H]3C)CC2)cc1F. The number of nitrogens with zero attached hydrogens (tertiary/aromatic N) is 2. The Hall–Kier alpha value is -1.66. The maximum absolute atomic E-state index is 13.8. The van der Waals surface area contributed by atoms with Crippen LogP contribution in [0.4, 0.5) is 4.39 Å². The molecule has 1 heterocycles. The maximum Gasteiger partial charge on any atom is 0.234 e. The van der Waals surface area contributed by atoms with Crippen molar-refractivity contribution in [2.45, 2.75) is 45.2 Å². The lowest BCUT2D eigenvalue weighted by molar-refractivity contribution is -0.124. The predicted octanol–water partition coefficient (Wildman–Crippen LogP) is 2.65. The van der Waals surface area contributed by atoms with Gasteiger partial charge in [0.15, 0.2) is 11.6 Å². The average Bonchev–Trinajstić information content (AvgIpc) is 2.65. The highest BCUT2D eigenvalue weighted by molar-refractivity contribution is 5.78. The van der Waals surface area contributed by atoms with Crippen LogP contribution >= 0.6 is 0 Å². The smallest absolute Gasteiger partial charge is 0.234 e. The normalized spacial score (nSPS) is 24.6. The Morgan fingerprint density at radius 1 is 1.19 bits per heavy atom. The van der Waals surface area contributed by atoms with Crippen LogP contribution in [0.3, 0.4) is 0 Å². The zero-order valence-electron chi connectivity index (χ0n) is 16.5. The molecule has 1 amide bonds. The number of methoxy groups -OCH3 is 1. The van der Waals surface area contributed by atoms with E-state index >= 15 is 0 Å². The molecule has 6 heteroatoms. The van der Waals surface area contributed by atoms with E-state index in [1.807, 2.05) is 6.07 Å². The standard InChI is InChI=1S/C21H32FN3O2/c1-16-5-3-4-6-19(16)23-21(26)15-25-11-9-24(10-12-25)14-17-7-8-20(27-2)18(22)13-17/h7-8,13,16,19H,3-6,9-12,14-15H2,1-2H3,(H,23,26)/t16-,19-/m0/s1. The van der Waals surface area contributed by atoms with Crippen LogP contribution in [0.2, 0.25) is 0 Å². The van der Waals surface area contributed by atoms with E-state index in [0.29, 0.717) is 18.5 Å². The van der Waals surface area contributed by atoms with Crippen molar-refractivity contribution in [1.29, 1.82) is 0 Å². The molecule has 0 aromatic heterocycles. The molecule has 0 spiro atoms. The van der Waals surface area contributed by atoms with Crippen molar-refractivity contribution in [3.63, 3.8) is 0 Å². The van der Waals surface area contributed by atoms with Gasteiger partial charge in [-0.25, -0.2) is 4.39 Å². The molecule has 1 aliphatic heterocycles. The molecule has 1 aromatic carbocycles. The summed E-state index contributed by atoms with van der Waals surface area (Å²) >= 11 is 0. The van der Waals surface area contributed by atoms with Crippen LogP contribution in [-0.4, -0.2) is 61.6 Å². The molecule has 2 fully saturated rings. The lowest BCUT2D eigenvalue weighted by Crippen LogP contribution is -2.51. The summed E-state index contributed by atoms with van der Waals surface area (Å²) in [7, 11) is 1.47. The van der Waals surface area contributed by atoms with Crippen LogP contribution in [0.15, 0.2) is 18.2 Å². The van der Waals surface area contributed by atoms with Gasteiger partial charge in [0.25, 0.3) is 0 Å². The summed E-state index contributed by atoms with van der Waals surface area (Å²) in [6.45, 7) is 6.96. The second-order valence-corrected chi connectivity index (χ2v) is 7.96. The largest absolute Gasteiger partial charge is 0.494 e. The highest BCUT2D eigenvalue weighted by Gasteiger charge is 2.24. The molecule has 1 aromatic rings. The molecule has 0 bridgehead atoms. The molecule has 150 valence electrons. The Kier molecular flexibility index (Phi) is 7.07. The summed E-state index contributed by atoms with van der Waals surface area (Å²) in [5, 5.41) is 3.24. The van der Waals surface area contributed by atoms with Gasteiger partial charge in [0.2, 0.25) is 5.91 Å². The molecule has 2 atom stereocenters. The van der Waals surface area contributed by atoms with Crippen molar-refractivity contribution in [2.75, 3.05) is 39.8 Å². The molecule has 0 radical (unpaired) electrons. The molecule has 1 aliphatic carbocycles. The second kappa shape index (κ2) is 9.51. The molecule has 1 saturated carbocycles. The maximum atomic E-state index is 13.8. The summed E-state index contributed by atoms with van der Waals surface area (Å²) in [5.74, 6) is 0.702. The number of halogens is 1. The van der Waals surface area contributed by atoms with E-state index in [1.54, 1.807) is 12.1 Å². The number of hydrogen-bond acceptors (Lipinski definition) is 4. The van der Waals surface area contributed by atoms with Gasteiger partial charge in [-0.1, -0.05) is 25.8 Å². The van der Waals surface area contributed by atoms with Crippen molar-refractivity contribution in [1.82, 2.24) is 15.1 Å². The Morgan fingerprint density at radius 3 is 2.56 bits per heavy atom. The number of rotatable bonds is 6. The third-order valence-electron chi connectivity index (χ3n) is 5.91. The van der Waals surface area contributed by atoms with Crippen LogP contribution in [-0.2, 0) is 11.3 Å². The molecule has 5 nitrogen and oxygen atoms in total. The third-order valence-corrected chi connectivity index (χ3v) is 5.91. The number of carbonyl (C=O) groups is 1. The minimum Gasteiger partial charge on any atom is -0.494 e. The summed E-state index contributed by atoms with van der Waals surface area (Å²) in [4.78, 5) is 16.9. The predicted molar refractivity (Wildman–Crippen MR) is 104 cm³/mol. The number of nitrogens with one attached hydrogen (secondary N) is 1. The van der Waals surface area contributed by atoms with Gasteiger partial charge in [-0.15, -0.1) is 0 Å². The first kappa shape index (κ1) is 20.1. The highest BCUT2D eigenvalue weighted by atomic mass is 19.1. The molecule has 3 rings (SSSR count). The van der Waals surface area contributed by atoms with Gasteiger partial charge in [0.05, 0.1) is 13.7 Å². The fraction of sp³-hybridized carbons (Fsp3) is 0.667. The van der Waals surface area contributed by atoms with Crippen molar-refractivity contribution in [3.8, 4) is 5.75 Å². The Morgan fingerprint density at radius 2 is 1.89 bits per heavy atom. The van der Waals surface area contributed by atoms with Crippen molar-refractivity contribution < 1.29 is 13.9 Å². The van der Waals surface area contributed by atoms with E-state index in [0.717, 1.165) is 44.7 Å². The Labute approximate surface area is 161 Å². The molecule has 1 saturated heterocycles. The van der Waals surface area contributed by atoms with Crippen LogP contribution < -0.4 is 10.1 Å². The van der Waals surface area contributed by atoms with Crippen molar-refractivity contribution >= 4 is 5.91 Å². The van der Waals surface area contributed by atoms with E-state index < -0.39 is 0 Å². The first-order valence-corrected chi connectivity index (χ1v) is 10.1. The van der Waals surface area contributed by atoms with Gasteiger partial charge in [-0.05, 0) is 36.5 Å². The monoisotopic (exact) mass is 377 g/mol. The van der Waals surface area contributed by atoms with Gasteiger partial charge < -0.3 is 10.1 Å². The summed E-state index contributed by atoms with van der Waals surface area (Å²) in [6, 6.07) is 5.48. The first-order chi connectivity index (χ1) is 13.0. The number of carbonyl (C=O) groups excluding carboxylic acids is 1. The third kappa shape index (κ3) is 5.66. The quantitative estimate of drug-likeness (QED) is 0.828. The van der Waals surface area contributed by atoms with Gasteiger partial charge in [-0.2, -0.15) is 0 Å². The number of piperazine rings is 1. The Balaban J connectivity index is 1.40. The van der Waals surface area contributed by atoms with Crippen LogP contribution in [0, 0.1) is 11.7 Å². The van der Waals surface area contributed by atoms with Gasteiger partial charge in [0.1, 0.15) is 0 Å². The summed E-state index contributed by atoms with van der Waals surface area (Å²) in [5.41, 5.74) is 0.950. The number of benzene rings is 1. The van der Waals surface area contributed by atoms with E-state index in [9.17, 15) is 9.18 Å². The fourth-order valence-electron chi connectivity index (χ4n) is 4.16. The van der Waals surface area contributed by atoms with Crippen molar-refractivity contribution in [2.24, 2.45) is 5.92 Å².